The number of benzene rings is 1. The Morgan fingerprint density at radius 2 is 1.86 bits per heavy atom. The Hall–Kier alpha value is -1.37. The molecule has 0 aliphatic carbocycles. The molecule has 1 aromatic carbocycles. The molecule has 2 rings (SSSR count). The lowest BCUT2D eigenvalue weighted by atomic mass is 10.2. The molecular weight excluding hydrogens is 304 g/mol. The number of nitrogens with one attached hydrogen (secondary N) is 2. The third kappa shape index (κ3) is 4.30. The van der Waals surface area contributed by atoms with Crippen molar-refractivity contribution < 1.29 is 8.42 Å². The van der Waals surface area contributed by atoms with Gasteiger partial charge >= 0.3 is 0 Å². The highest BCUT2D eigenvalue weighted by molar-refractivity contribution is 7.89. The summed E-state index contributed by atoms with van der Waals surface area (Å²) in [5.74, 6) is 0. The van der Waals surface area contributed by atoms with Crippen LogP contribution in [0.15, 0.2) is 39.9 Å². The van der Waals surface area contributed by atoms with Crippen LogP contribution in [0.25, 0.3) is 0 Å². The molecule has 2 aromatic rings. The van der Waals surface area contributed by atoms with E-state index in [1.165, 1.54) is 11.1 Å². The van der Waals surface area contributed by atoms with Gasteiger partial charge in [0, 0.05) is 18.8 Å². The molecule has 0 aliphatic heterocycles. The molecule has 0 saturated heterocycles. The van der Waals surface area contributed by atoms with Gasteiger partial charge in [0.25, 0.3) is 0 Å². The van der Waals surface area contributed by atoms with Crippen molar-refractivity contribution in [3.63, 3.8) is 0 Å². The fourth-order valence-corrected chi connectivity index (χ4v) is 3.83. The highest BCUT2D eigenvalue weighted by atomic mass is 32.2. The normalized spacial score (nSPS) is 11.5. The van der Waals surface area contributed by atoms with Gasteiger partial charge in [-0.1, -0.05) is 6.92 Å². The van der Waals surface area contributed by atoms with Crippen LogP contribution in [0.5, 0.6) is 0 Å². The molecule has 0 radical (unpaired) electrons. The lowest BCUT2D eigenvalue weighted by Crippen LogP contribution is -2.24. The van der Waals surface area contributed by atoms with Gasteiger partial charge in [0.05, 0.1) is 4.90 Å². The second-order valence-corrected chi connectivity index (χ2v) is 7.37. The summed E-state index contributed by atoms with van der Waals surface area (Å²) >= 11 is 1.69. The van der Waals surface area contributed by atoms with Crippen molar-refractivity contribution in [1.29, 1.82) is 0 Å². The van der Waals surface area contributed by atoms with Crippen LogP contribution in [0.3, 0.4) is 0 Å². The fraction of sp³-hybridized carbons (Fsp3) is 0.333. The van der Waals surface area contributed by atoms with Crippen molar-refractivity contribution >= 4 is 27.0 Å². The number of sulfonamides is 1. The van der Waals surface area contributed by atoms with E-state index in [1.54, 1.807) is 35.6 Å². The summed E-state index contributed by atoms with van der Waals surface area (Å²) in [6.45, 7) is 5.22. The minimum atomic E-state index is -3.38. The molecule has 4 nitrogen and oxygen atoms in total. The highest BCUT2D eigenvalue weighted by Crippen LogP contribution is 2.18. The van der Waals surface area contributed by atoms with Gasteiger partial charge in [-0.15, -0.1) is 0 Å². The van der Waals surface area contributed by atoms with E-state index in [1.807, 2.05) is 6.92 Å². The maximum absolute atomic E-state index is 12.0. The lowest BCUT2D eigenvalue weighted by molar-refractivity contribution is 0.581. The second-order valence-electron chi connectivity index (χ2n) is 4.86. The quantitative estimate of drug-likeness (QED) is 0.821. The summed E-state index contributed by atoms with van der Waals surface area (Å²) < 4.78 is 26.5. The maximum Gasteiger partial charge on any atom is 0.240 e. The van der Waals surface area contributed by atoms with Crippen molar-refractivity contribution in [3.8, 4) is 0 Å². The predicted octanol–water partition coefficient (Wildman–Crippen LogP) is 3.36. The Bertz CT molecular complexity index is 676. The lowest BCUT2D eigenvalue weighted by Gasteiger charge is -2.09. The summed E-state index contributed by atoms with van der Waals surface area (Å²) in [5.41, 5.74) is 3.45. The summed E-state index contributed by atoms with van der Waals surface area (Å²) in [4.78, 5) is 0.299. The van der Waals surface area contributed by atoms with Gasteiger partial charge in [-0.05, 0) is 59.5 Å². The SMILES string of the molecule is CCCNS(=O)(=O)c1ccc(NCc2cscc2C)cc1. The largest absolute Gasteiger partial charge is 0.381 e. The Morgan fingerprint density at radius 1 is 1.14 bits per heavy atom. The molecule has 6 heteroatoms. The van der Waals surface area contributed by atoms with E-state index in [9.17, 15) is 8.42 Å². The zero-order chi connectivity index (χ0) is 15.3. The van der Waals surface area contributed by atoms with Crippen LogP contribution >= 0.6 is 11.3 Å². The van der Waals surface area contributed by atoms with Crippen LogP contribution in [0, 0.1) is 6.92 Å². The number of hydrogen-bond donors (Lipinski definition) is 2. The minimum absolute atomic E-state index is 0.299. The summed E-state index contributed by atoms with van der Waals surface area (Å²) in [5, 5.41) is 7.54. The smallest absolute Gasteiger partial charge is 0.240 e. The molecule has 0 unspecified atom stereocenters. The van der Waals surface area contributed by atoms with Crippen LogP contribution < -0.4 is 10.0 Å². The zero-order valence-corrected chi connectivity index (χ0v) is 13.9. The summed E-state index contributed by atoms with van der Waals surface area (Å²) in [6, 6.07) is 6.84. The van der Waals surface area contributed by atoms with E-state index in [4.69, 9.17) is 0 Å². The third-order valence-corrected chi connectivity index (χ3v) is 5.54. The minimum Gasteiger partial charge on any atom is -0.381 e. The van der Waals surface area contributed by atoms with Gasteiger partial charge in [-0.2, -0.15) is 11.3 Å². The van der Waals surface area contributed by atoms with E-state index in [-0.39, 0.29) is 0 Å². The molecule has 0 fully saturated rings. The molecule has 0 aliphatic rings. The van der Waals surface area contributed by atoms with Crippen molar-refractivity contribution in [2.75, 3.05) is 11.9 Å². The van der Waals surface area contributed by atoms with Gasteiger partial charge in [0.15, 0.2) is 0 Å². The summed E-state index contributed by atoms with van der Waals surface area (Å²) in [6.07, 6.45) is 0.777. The van der Waals surface area contributed by atoms with E-state index in [0.717, 1.165) is 18.7 Å². The van der Waals surface area contributed by atoms with E-state index in [2.05, 4.69) is 27.7 Å². The standard InChI is InChI=1S/C15H20N2O2S2/c1-3-8-17-21(18,19)15-6-4-14(5-7-15)16-9-13-11-20-10-12(13)2/h4-7,10-11,16-17H,3,8-9H2,1-2H3. The molecule has 0 spiro atoms. The zero-order valence-electron chi connectivity index (χ0n) is 12.2. The van der Waals surface area contributed by atoms with E-state index < -0.39 is 10.0 Å². The first-order valence-corrected chi connectivity index (χ1v) is 9.31. The molecule has 21 heavy (non-hydrogen) atoms. The number of thiophene rings is 1. The van der Waals surface area contributed by atoms with Crippen molar-refractivity contribution in [2.24, 2.45) is 0 Å². The van der Waals surface area contributed by atoms with E-state index in [0.29, 0.717) is 11.4 Å². The van der Waals surface area contributed by atoms with E-state index >= 15 is 0 Å². The topological polar surface area (TPSA) is 58.2 Å². The Kier molecular flexibility index (Phi) is 5.39. The van der Waals surface area contributed by atoms with Crippen LogP contribution in [-0.4, -0.2) is 15.0 Å². The number of anilines is 1. The molecule has 0 saturated carbocycles. The number of hydrogen-bond acceptors (Lipinski definition) is 4. The highest BCUT2D eigenvalue weighted by Gasteiger charge is 2.12. The first kappa shape index (κ1) is 16.0. The van der Waals surface area contributed by atoms with Gasteiger partial charge in [-0.25, -0.2) is 13.1 Å². The maximum atomic E-state index is 12.0. The molecule has 1 aromatic heterocycles. The van der Waals surface area contributed by atoms with Crippen LogP contribution in [-0.2, 0) is 16.6 Å². The molecule has 0 amide bonds. The van der Waals surface area contributed by atoms with Gasteiger partial charge in [-0.3, -0.25) is 0 Å². The fourth-order valence-electron chi connectivity index (χ4n) is 1.84. The molecular formula is C15H20N2O2S2. The first-order chi connectivity index (χ1) is 10.0. The first-order valence-electron chi connectivity index (χ1n) is 6.88. The number of aryl methyl sites for hydroxylation is 1. The monoisotopic (exact) mass is 324 g/mol. The average Bonchev–Trinajstić information content (AvgIpc) is 2.89. The third-order valence-electron chi connectivity index (χ3n) is 3.15. The molecule has 1 heterocycles. The summed E-state index contributed by atoms with van der Waals surface area (Å²) in [7, 11) is -3.38. The Morgan fingerprint density at radius 3 is 2.43 bits per heavy atom. The molecule has 114 valence electrons. The predicted molar refractivity (Wildman–Crippen MR) is 88.3 cm³/mol. The van der Waals surface area contributed by atoms with Crippen LogP contribution in [0.1, 0.15) is 24.5 Å². The van der Waals surface area contributed by atoms with Crippen molar-refractivity contribution in [3.05, 3.63) is 46.2 Å². The van der Waals surface area contributed by atoms with Crippen LogP contribution in [0.4, 0.5) is 5.69 Å². The van der Waals surface area contributed by atoms with Gasteiger partial charge in [0.1, 0.15) is 0 Å². The van der Waals surface area contributed by atoms with Crippen LogP contribution in [0.2, 0.25) is 0 Å². The second kappa shape index (κ2) is 7.06. The Balaban J connectivity index is 2.00. The molecule has 2 N–H and O–H groups in total. The molecule has 0 atom stereocenters. The van der Waals surface area contributed by atoms with Crippen molar-refractivity contribution in [2.45, 2.75) is 31.7 Å². The van der Waals surface area contributed by atoms with Crippen molar-refractivity contribution in [1.82, 2.24) is 4.72 Å². The van der Waals surface area contributed by atoms with Gasteiger partial charge in [0.2, 0.25) is 10.0 Å². The number of rotatable bonds is 7. The average molecular weight is 324 g/mol. The molecule has 0 bridgehead atoms. The van der Waals surface area contributed by atoms with Gasteiger partial charge < -0.3 is 5.32 Å². The Labute approximate surface area is 130 Å².